The Morgan fingerprint density at radius 3 is 2.62 bits per heavy atom. The van der Waals surface area contributed by atoms with E-state index in [1.807, 2.05) is 0 Å². The van der Waals surface area contributed by atoms with E-state index in [2.05, 4.69) is 10.2 Å². The summed E-state index contributed by atoms with van der Waals surface area (Å²) in [7, 11) is 0. The van der Waals surface area contributed by atoms with Gasteiger partial charge in [0.15, 0.2) is 5.69 Å². The van der Waals surface area contributed by atoms with Crippen LogP contribution in [-0.2, 0) is 0 Å². The highest BCUT2D eigenvalue weighted by atomic mass is 19.1. The van der Waals surface area contributed by atoms with Crippen molar-refractivity contribution in [3.05, 3.63) is 42.0 Å². The van der Waals surface area contributed by atoms with Gasteiger partial charge in [-0.2, -0.15) is 5.10 Å². The molecule has 0 spiro atoms. The average molecular weight is 221 g/mol. The van der Waals surface area contributed by atoms with Crippen LogP contribution in [0.5, 0.6) is 5.75 Å². The first-order valence-electron chi connectivity index (χ1n) is 4.43. The lowest BCUT2D eigenvalue weighted by Crippen LogP contribution is -2.11. The molecule has 6 heteroatoms. The molecule has 0 saturated heterocycles. The van der Waals surface area contributed by atoms with Gasteiger partial charge < -0.3 is 10.5 Å². The summed E-state index contributed by atoms with van der Waals surface area (Å²) < 4.78 is 17.5. The molecular formula is C10H8FN3O2. The van der Waals surface area contributed by atoms with Crippen LogP contribution in [0, 0.1) is 5.82 Å². The predicted octanol–water partition coefficient (Wildman–Crippen LogP) is 1.35. The molecule has 82 valence electrons. The van der Waals surface area contributed by atoms with E-state index in [1.54, 1.807) is 0 Å². The molecule has 3 N–H and O–H groups in total. The molecule has 0 atom stereocenters. The number of carbonyl (C=O) groups is 1. The van der Waals surface area contributed by atoms with E-state index in [1.165, 1.54) is 30.5 Å². The van der Waals surface area contributed by atoms with Crippen molar-refractivity contribution >= 4 is 11.7 Å². The van der Waals surface area contributed by atoms with Gasteiger partial charge in [-0.25, -0.2) is 9.18 Å². The highest BCUT2D eigenvalue weighted by Crippen LogP contribution is 2.14. The SMILES string of the molecule is Nc1cn[nH]c1C(=O)Oc1ccc(F)cc1. The fourth-order valence-corrected chi connectivity index (χ4v) is 1.12. The number of rotatable bonds is 2. The minimum atomic E-state index is -0.665. The molecule has 0 fully saturated rings. The second-order valence-corrected chi connectivity index (χ2v) is 3.04. The molecule has 1 aromatic heterocycles. The quantitative estimate of drug-likeness (QED) is 0.592. The van der Waals surface area contributed by atoms with E-state index in [9.17, 15) is 9.18 Å². The van der Waals surface area contributed by atoms with Gasteiger partial charge in [-0.15, -0.1) is 0 Å². The maximum Gasteiger partial charge on any atom is 0.363 e. The van der Waals surface area contributed by atoms with Gasteiger partial charge in [0.05, 0.1) is 11.9 Å². The molecule has 0 aliphatic rings. The number of benzene rings is 1. The van der Waals surface area contributed by atoms with Crippen LogP contribution in [0.25, 0.3) is 0 Å². The number of hydrogen-bond donors (Lipinski definition) is 2. The fraction of sp³-hybridized carbons (Fsp3) is 0. The van der Waals surface area contributed by atoms with Crippen LogP contribution in [-0.4, -0.2) is 16.2 Å². The van der Waals surface area contributed by atoms with Gasteiger partial charge in [0.25, 0.3) is 0 Å². The summed E-state index contributed by atoms with van der Waals surface area (Å²) in [6.45, 7) is 0. The monoisotopic (exact) mass is 221 g/mol. The van der Waals surface area contributed by atoms with Crippen molar-refractivity contribution in [2.24, 2.45) is 0 Å². The maximum atomic E-state index is 12.6. The van der Waals surface area contributed by atoms with Crippen LogP contribution < -0.4 is 10.5 Å². The molecule has 1 aromatic carbocycles. The average Bonchev–Trinajstić information content (AvgIpc) is 2.68. The maximum absolute atomic E-state index is 12.6. The first-order valence-corrected chi connectivity index (χ1v) is 4.43. The summed E-state index contributed by atoms with van der Waals surface area (Å²) >= 11 is 0. The summed E-state index contributed by atoms with van der Waals surface area (Å²) in [6.07, 6.45) is 1.31. The number of hydrogen-bond acceptors (Lipinski definition) is 4. The molecule has 0 saturated carbocycles. The Morgan fingerprint density at radius 2 is 2.06 bits per heavy atom. The number of nitrogen functional groups attached to an aromatic ring is 1. The van der Waals surface area contributed by atoms with Gasteiger partial charge in [0, 0.05) is 0 Å². The summed E-state index contributed by atoms with van der Waals surface area (Å²) in [4.78, 5) is 11.5. The number of anilines is 1. The largest absolute Gasteiger partial charge is 0.422 e. The lowest BCUT2D eigenvalue weighted by atomic mass is 10.3. The van der Waals surface area contributed by atoms with Crippen LogP contribution >= 0.6 is 0 Å². The highest BCUT2D eigenvalue weighted by Gasteiger charge is 2.13. The Balaban J connectivity index is 2.14. The molecule has 0 unspecified atom stereocenters. The van der Waals surface area contributed by atoms with Gasteiger partial charge in [-0.1, -0.05) is 0 Å². The molecule has 0 amide bonds. The molecule has 2 rings (SSSR count). The van der Waals surface area contributed by atoms with E-state index in [4.69, 9.17) is 10.5 Å². The molecule has 0 aliphatic carbocycles. The third kappa shape index (κ3) is 2.00. The smallest absolute Gasteiger partial charge is 0.363 e. The van der Waals surface area contributed by atoms with E-state index in [0.29, 0.717) is 0 Å². The van der Waals surface area contributed by atoms with Crippen molar-refractivity contribution in [1.29, 1.82) is 0 Å². The van der Waals surface area contributed by atoms with Crippen LogP contribution in [0.2, 0.25) is 0 Å². The minimum Gasteiger partial charge on any atom is -0.422 e. The van der Waals surface area contributed by atoms with E-state index in [0.717, 1.165) is 0 Å². The summed E-state index contributed by atoms with van der Waals surface area (Å²) in [6, 6.07) is 5.08. The third-order valence-electron chi connectivity index (χ3n) is 1.90. The number of nitrogens with zero attached hydrogens (tertiary/aromatic N) is 1. The van der Waals surface area contributed by atoms with Gasteiger partial charge >= 0.3 is 5.97 Å². The summed E-state index contributed by atoms with van der Waals surface area (Å²) in [5.74, 6) is -0.831. The van der Waals surface area contributed by atoms with Crippen molar-refractivity contribution in [1.82, 2.24) is 10.2 Å². The number of ether oxygens (including phenoxy) is 1. The minimum absolute atomic E-state index is 0.0734. The highest BCUT2D eigenvalue weighted by molar-refractivity contribution is 5.94. The lowest BCUT2D eigenvalue weighted by Gasteiger charge is -2.02. The van der Waals surface area contributed by atoms with Crippen molar-refractivity contribution in [2.75, 3.05) is 5.73 Å². The second-order valence-electron chi connectivity index (χ2n) is 3.04. The number of esters is 1. The van der Waals surface area contributed by atoms with E-state index in [-0.39, 0.29) is 17.1 Å². The fourth-order valence-electron chi connectivity index (χ4n) is 1.12. The van der Waals surface area contributed by atoms with Crippen LogP contribution in [0.15, 0.2) is 30.5 Å². The molecule has 0 aliphatic heterocycles. The number of halogens is 1. The second kappa shape index (κ2) is 4.01. The Morgan fingerprint density at radius 1 is 1.38 bits per heavy atom. The number of nitrogens with two attached hydrogens (primary N) is 1. The molecule has 2 aromatic rings. The third-order valence-corrected chi connectivity index (χ3v) is 1.90. The number of aromatic amines is 1. The Kier molecular flexibility index (Phi) is 2.55. The van der Waals surface area contributed by atoms with Gasteiger partial charge in [0.1, 0.15) is 11.6 Å². The standard InChI is InChI=1S/C10H8FN3O2/c11-6-1-3-7(4-2-6)16-10(15)9-8(12)5-13-14-9/h1-5H,12H2,(H,13,14). The Labute approximate surface area is 90.0 Å². The van der Waals surface area contributed by atoms with E-state index >= 15 is 0 Å². The number of carbonyl (C=O) groups excluding carboxylic acids is 1. The zero-order chi connectivity index (χ0) is 11.5. The number of aromatic nitrogens is 2. The van der Waals surface area contributed by atoms with Crippen LogP contribution in [0.4, 0.5) is 10.1 Å². The van der Waals surface area contributed by atoms with Crippen molar-refractivity contribution < 1.29 is 13.9 Å². The van der Waals surface area contributed by atoms with Gasteiger partial charge in [-0.05, 0) is 24.3 Å². The molecule has 0 radical (unpaired) electrons. The zero-order valence-corrected chi connectivity index (χ0v) is 8.11. The van der Waals surface area contributed by atoms with Crippen molar-refractivity contribution in [2.45, 2.75) is 0 Å². The normalized spacial score (nSPS) is 10.1. The lowest BCUT2D eigenvalue weighted by molar-refractivity contribution is 0.0729. The summed E-state index contributed by atoms with van der Waals surface area (Å²) in [5.41, 5.74) is 5.74. The summed E-state index contributed by atoms with van der Waals surface area (Å²) in [5, 5.41) is 6.00. The molecular weight excluding hydrogens is 213 g/mol. The van der Waals surface area contributed by atoms with Crippen LogP contribution in [0.3, 0.4) is 0 Å². The van der Waals surface area contributed by atoms with Gasteiger partial charge in [0.2, 0.25) is 0 Å². The van der Waals surface area contributed by atoms with E-state index < -0.39 is 11.8 Å². The molecule has 0 bridgehead atoms. The topological polar surface area (TPSA) is 81.0 Å². The Bertz CT molecular complexity index is 507. The zero-order valence-electron chi connectivity index (χ0n) is 8.11. The predicted molar refractivity (Wildman–Crippen MR) is 54.4 cm³/mol. The number of H-pyrrole nitrogens is 1. The molecule has 5 nitrogen and oxygen atoms in total. The molecule has 1 heterocycles. The van der Waals surface area contributed by atoms with Gasteiger partial charge in [-0.3, -0.25) is 5.10 Å². The van der Waals surface area contributed by atoms with Crippen LogP contribution in [0.1, 0.15) is 10.5 Å². The van der Waals surface area contributed by atoms with Crippen molar-refractivity contribution in [3.63, 3.8) is 0 Å². The first-order chi connectivity index (χ1) is 7.66. The Hall–Kier alpha value is -2.37. The number of nitrogens with one attached hydrogen (secondary N) is 1. The first kappa shape index (κ1) is 10.2. The van der Waals surface area contributed by atoms with Crippen molar-refractivity contribution in [3.8, 4) is 5.75 Å². The molecule has 16 heavy (non-hydrogen) atoms.